The van der Waals surface area contributed by atoms with E-state index in [4.69, 9.17) is 47.5 Å². The highest BCUT2D eigenvalue weighted by atomic mass is 127. The number of Topliss-reactive ketones (excluding diaryl/α,β-unsaturated/α-hetero) is 1. The normalized spacial score (nSPS) is 36.6. The number of fused-ring (bicyclic) bond motifs is 2. The molecule has 2 bridgehead atoms. The highest BCUT2D eigenvalue weighted by Crippen LogP contribution is 2.50. The molecule has 0 saturated carbocycles. The van der Waals surface area contributed by atoms with Crippen molar-refractivity contribution in [2.24, 2.45) is 17.8 Å². The van der Waals surface area contributed by atoms with Crippen LogP contribution in [0.15, 0.2) is 34.9 Å². The van der Waals surface area contributed by atoms with Gasteiger partial charge in [0.05, 0.1) is 122 Å². The number of aliphatic hydroxyl groups excluding tert-OH is 6. The van der Waals surface area contributed by atoms with Crippen molar-refractivity contribution in [2.45, 2.75) is 190 Å². The number of thioether (sulfide) groups is 1. The molecule has 0 spiro atoms. The molecule has 1 amide bonds. The minimum atomic E-state index is -1.93. The van der Waals surface area contributed by atoms with Crippen LogP contribution in [0.2, 0.25) is 0 Å². The lowest BCUT2D eigenvalue weighted by Gasteiger charge is -2.51. The number of nitrogens with one attached hydrogen (secondary N) is 1. The van der Waals surface area contributed by atoms with E-state index in [2.05, 4.69) is 29.2 Å². The van der Waals surface area contributed by atoms with E-state index in [1.165, 1.54) is 40.4 Å². The summed E-state index contributed by atoms with van der Waals surface area (Å²) in [6.45, 7) is 12.9. The number of nitrogens with zero attached hydrogens (tertiary/aromatic N) is 1. The lowest BCUT2D eigenvalue weighted by atomic mass is 9.71. The molecule has 8 N–H and O–H groups in total. The number of hydroxylamine groups is 1. The molecule has 6 aliphatic rings. The molecule has 2 aliphatic carbocycles. The topological polar surface area (TPSA) is 317 Å². The Kier molecular flexibility index (Phi) is 23.6. The Morgan fingerprint density at radius 2 is 1.58 bits per heavy atom. The number of hydrogen-bond donors (Lipinski definition) is 8. The number of amides is 1. The first kappa shape index (κ1) is 68.3. The Balaban J connectivity index is 1.13. The zero-order valence-electron chi connectivity index (χ0n) is 49.7. The largest absolute Gasteiger partial charge is 0.492 e. The highest BCUT2D eigenvalue weighted by molar-refractivity contribution is 14.1. The van der Waals surface area contributed by atoms with Crippen molar-refractivity contribution in [3.8, 4) is 40.9 Å². The Labute approximate surface area is 513 Å². The summed E-state index contributed by atoms with van der Waals surface area (Å²) in [7, 11) is 3.90. The van der Waals surface area contributed by atoms with Gasteiger partial charge in [-0.3, -0.25) is 24.0 Å². The first-order valence-corrected chi connectivity index (χ1v) is 30.5. The number of allylic oxidation sites excluding steroid dienone is 3. The summed E-state index contributed by atoms with van der Waals surface area (Å²) in [5.74, 6) is 7.92. The summed E-state index contributed by atoms with van der Waals surface area (Å²) in [5.41, 5.74) is 0.659. The van der Waals surface area contributed by atoms with Crippen molar-refractivity contribution in [1.82, 2.24) is 10.4 Å². The second kappa shape index (κ2) is 29.4. The number of carbonyl (C=O) groups excluding carboxylic acids is 4. The average molecular weight is 1330 g/mol. The van der Waals surface area contributed by atoms with Crippen LogP contribution in [-0.2, 0) is 47.6 Å². The van der Waals surface area contributed by atoms with E-state index < -0.39 is 150 Å². The summed E-state index contributed by atoms with van der Waals surface area (Å²) >= 11 is 2.79. The van der Waals surface area contributed by atoms with E-state index in [9.17, 15) is 54.9 Å². The maximum Gasteiger partial charge on any atom is 0.310 e. The van der Waals surface area contributed by atoms with E-state index in [1.54, 1.807) is 45.6 Å². The van der Waals surface area contributed by atoms with Crippen LogP contribution >= 0.6 is 34.4 Å². The molecule has 19 atom stereocenters. The molecule has 1 aromatic carbocycles. The van der Waals surface area contributed by atoms with Crippen LogP contribution in [-0.4, -0.2) is 207 Å². The van der Waals surface area contributed by atoms with Crippen molar-refractivity contribution < 1.29 is 102 Å². The molecule has 4 heterocycles. The first-order valence-electron chi connectivity index (χ1n) is 28.5. The van der Waals surface area contributed by atoms with Crippen LogP contribution in [0, 0.1) is 51.9 Å². The smallest absolute Gasteiger partial charge is 0.310 e. The predicted octanol–water partition coefficient (Wildman–Crippen LogP) is 2.70. The number of ether oxygens (including phenoxy) is 9. The number of halogens is 1. The number of likely N-dealkylation sites (N-methyl/N-ethyl adjacent to an activating group) is 1. The first-order chi connectivity index (χ1) is 40.3. The molecule has 23 nitrogen and oxygen atoms in total. The van der Waals surface area contributed by atoms with Crippen molar-refractivity contribution in [1.29, 1.82) is 0 Å². The van der Waals surface area contributed by atoms with Gasteiger partial charge in [0.25, 0.3) is 0 Å². The van der Waals surface area contributed by atoms with Crippen molar-refractivity contribution in [3.63, 3.8) is 0 Å². The lowest BCUT2D eigenvalue weighted by molar-refractivity contribution is -0.317. The quantitative estimate of drug-likeness (QED) is 0.0427. The second-order valence-corrected chi connectivity index (χ2v) is 24.6. The molecule has 17 unspecified atom stereocenters. The van der Waals surface area contributed by atoms with Gasteiger partial charge < -0.3 is 83.3 Å². The summed E-state index contributed by atoms with van der Waals surface area (Å²) in [4.78, 5) is 61.9. The van der Waals surface area contributed by atoms with E-state index in [0.717, 1.165) is 11.8 Å². The van der Waals surface area contributed by atoms with Crippen molar-refractivity contribution in [3.05, 3.63) is 49.6 Å². The number of rotatable bonds is 19. The molecule has 0 aromatic heterocycles. The monoisotopic (exact) mass is 1320 g/mol. The summed E-state index contributed by atoms with van der Waals surface area (Å²) in [6.07, 6.45) is -8.32. The molecule has 25 heteroatoms. The van der Waals surface area contributed by atoms with Gasteiger partial charge in [0.2, 0.25) is 23.1 Å². The molecule has 0 radical (unpaired) electrons. The SMILES string of the molecule is CC/C=C1\C2=C(CC(=O)OC)C(=O)C[C@]1(O)C#C/C=C\C#C[C@](C)(OC1OC(C)C(NOC3CC(O)C(SC(=O)c4c(C)c(I)c(OC5OC(C)C(O)C(CO)C5O)c(OC)c4OC)C(C)O3)C(O)C1C1CC(CO)C(N(CC)C(C)=O)CO1)C2. The number of methoxy groups -OCH3 is 3. The summed E-state index contributed by atoms with van der Waals surface area (Å²) in [5, 5.41) is 77.6. The number of hydrogen-bond acceptors (Lipinski definition) is 23. The fraction of sp³-hybridized carbons (Fsp3) is 0.667. The van der Waals surface area contributed by atoms with Crippen LogP contribution in [0.5, 0.6) is 17.2 Å². The minimum Gasteiger partial charge on any atom is -0.492 e. The maximum atomic E-state index is 14.4. The number of esters is 1. The summed E-state index contributed by atoms with van der Waals surface area (Å²) < 4.78 is 55.5. The van der Waals surface area contributed by atoms with Crippen LogP contribution in [0.25, 0.3) is 0 Å². The highest BCUT2D eigenvalue weighted by Gasteiger charge is 2.54. The molecule has 85 heavy (non-hydrogen) atoms. The fourth-order valence-corrected chi connectivity index (χ4v) is 13.9. The predicted molar refractivity (Wildman–Crippen MR) is 314 cm³/mol. The van der Waals surface area contributed by atoms with Gasteiger partial charge in [0, 0.05) is 50.3 Å². The van der Waals surface area contributed by atoms with Crippen LogP contribution in [0.4, 0.5) is 0 Å². The van der Waals surface area contributed by atoms with Crippen LogP contribution in [0.1, 0.15) is 103 Å². The van der Waals surface area contributed by atoms with Crippen molar-refractivity contribution in [2.75, 3.05) is 47.7 Å². The maximum absolute atomic E-state index is 14.4. The molecular weight excluding hydrogens is 1240 g/mol. The van der Waals surface area contributed by atoms with Gasteiger partial charge >= 0.3 is 5.97 Å². The third kappa shape index (κ3) is 14.8. The van der Waals surface area contributed by atoms with E-state index >= 15 is 0 Å². The third-order valence-electron chi connectivity index (χ3n) is 16.7. The zero-order valence-corrected chi connectivity index (χ0v) is 52.7. The molecule has 1 aromatic rings. The Morgan fingerprint density at radius 1 is 0.894 bits per heavy atom. The zero-order chi connectivity index (χ0) is 62.4. The fourth-order valence-electron chi connectivity index (χ4n) is 12.2. The molecular formula is C60H81IN2O21S. The number of carbonyl (C=O) groups is 4. The van der Waals surface area contributed by atoms with E-state index in [-0.39, 0.29) is 72.3 Å². The standard InChI is InChI=1S/C60H81IN2O21S/c1-12-18-38-36-24-59(8,19-16-14-15-17-20-60(38,74)25-41(68)35(36)22-43(69)75-9)83-57-46(42-21-34(26-64)39(28-78-42)63(13-2)33(7)66)51(72)48(30(4)80-57)62-84-44-23-40(67)55(32(6)79-44)85-56(73)45-29(3)47(61)53(54(77-11)52(45)76-10)82-58-50(71)37(27-65)49(70)31(5)81-58/h14-15,18,30-32,34,37,39-40,42,44,46,48-51,55,57-58,62,64-65,67,70-72,74H,12-13,21-28H2,1-11H3/b15-14-,38-18+/t30?,31?,32?,34?,37?,39?,40?,42?,44?,46?,48?,49?,50?,51?,55?,57?,58?,59-,60+/m0/s1. The van der Waals surface area contributed by atoms with Gasteiger partial charge in [0.1, 0.15) is 11.7 Å². The number of benzene rings is 1. The second-order valence-electron chi connectivity index (χ2n) is 22.4. The lowest BCUT2D eigenvalue weighted by Crippen LogP contribution is -2.65. The molecule has 7 rings (SSSR count). The van der Waals surface area contributed by atoms with Gasteiger partial charge in [-0.05, 0) is 106 Å². The minimum absolute atomic E-state index is 0.00562. The van der Waals surface area contributed by atoms with Crippen molar-refractivity contribution >= 4 is 57.1 Å². The van der Waals surface area contributed by atoms with E-state index in [0.29, 0.717) is 27.7 Å². The summed E-state index contributed by atoms with van der Waals surface area (Å²) in [6, 6.07) is -1.54. The molecule has 4 saturated heterocycles. The Morgan fingerprint density at radius 3 is 2.19 bits per heavy atom. The molecule has 4 fully saturated rings. The Hall–Kier alpha value is -4.24. The Bertz CT molecular complexity index is 2830. The van der Waals surface area contributed by atoms with Crippen LogP contribution in [0.3, 0.4) is 0 Å². The third-order valence-corrected chi connectivity index (χ3v) is 19.4. The van der Waals surface area contributed by atoms with Gasteiger partial charge in [0.15, 0.2) is 35.5 Å². The van der Waals surface area contributed by atoms with Gasteiger partial charge in [-0.2, -0.15) is 5.48 Å². The average Bonchev–Trinajstić information content (AvgIpc) is 1.48. The van der Waals surface area contributed by atoms with Gasteiger partial charge in [-0.25, -0.2) is 0 Å². The molecule has 4 aliphatic heterocycles. The number of ketones is 1. The van der Waals surface area contributed by atoms with Crippen LogP contribution < -0.4 is 19.7 Å². The van der Waals surface area contributed by atoms with Gasteiger partial charge in [-0.15, -0.1) is 0 Å². The van der Waals surface area contributed by atoms with Gasteiger partial charge in [-0.1, -0.05) is 48.4 Å². The number of aliphatic hydroxyl groups is 7. The molecule has 470 valence electrons. The van der Waals surface area contributed by atoms with E-state index in [1.807, 2.05) is 36.4 Å².